The molecule has 0 aliphatic heterocycles. The first-order chi connectivity index (χ1) is 14.4. The van der Waals surface area contributed by atoms with E-state index in [2.05, 4.69) is 50.3 Å². The Hall–Kier alpha value is -1.11. The van der Waals surface area contributed by atoms with Crippen molar-refractivity contribution < 1.29 is 19.1 Å². The van der Waals surface area contributed by atoms with E-state index >= 15 is 0 Å². The third-order valence-corrected chi connectivity index (χ3v) is 6.66. The lowest BCUT2D eigenvalue weighted by Gasteiger charge is -2.18. The van der Waals surface area contributed by atoms with Crippen LogP contribution in [-0.2, 0) is 9.47 Å². The third kappa shape index (κ3) is 8.56. The molecule has 0 saturated carbocycles. The number of rotatable bonds is 14. The van der Waals surface area contributed by atoms with Crippen molar-refractivity contribution in [3.63, 3.8) is 0 Å². The van der Waals surface area contributed by atoms with Crippen LogP contribution in [-0.4, -0.2) is 25.2 Å². The van der Waals surface area contributed by atoms with Crippen molar-refractivity contribution in [2.45, 2.75) is 86.0 Å². The zero-order valence-electron chi connectivity index (χ0n) is 19.4. The van der Waals surface area contributed by atoms with Crippen LogP contribution in [0, 0.1) is 22.3 Å². The van der Waals surface area contributed by atoms with Gasteiger partial charge < -0.3 is 9.47 Å². The summed E-state index contributed by atoms with van der Waals surface area (Å²) in [6, 6.07) is 3.72. The minimum absolute atomic E-state index is 0.340. The highest BCUT2D eigenvalue weighted by Gasteiger charge is 2.26. The van der Waals surface area contributed by atoms with Gasteiger partial charge in [0.05, 0.1) is 24.3 Å². The van der Waals surface area contributed by atoms with Crippen molar-refractivity contribution in [3.05, 3.63) is 32.4 Å². The Bertz CT molecular complexity index is 614. The Kier molecular flexibility index (Phi) is 13.3. The molecule has 0 radical (unpaired) electrons. The summed E-state index contributed by atoms with van der Waals surface area (Å²) in [7, 11) is 0. The molecular weight excluding hydrogens is 491 g/mol. The molecule has 0 aromatic heterocycles. The van der Waals surface area contributed by atoms with E-state index in [0.29, 0.717) is 36.2 Å². The highest BCUT2D eigenvalue weighted by atomic mass is 127. The number of hydrogen-bond donors (Lipinski definition) is 0. The third-order valence-electron chi connectivity index (χ3n) is 5.76. The summed E-state index contributed by atoms with van der Waals surface area (Å²) in [6.07, 6.45) is 8.58. The van der Waals surface area contributed by atoms with Crippen molar-refractivity contribution >= 4 is 34.5 Å². The van der Waals surface area contributed by atoms with Gasteiger partial charge in [-0.3, -0.25) is 0 Å². The van der Waals surface area contributed by atoms with Crippen molar-refractivity contribution in [3.8, 4) is 0 Å². The minimum atomic E-state index is -0.428. The van der Waals surface area contributed by atoms with E-state index in [1.54, 1.807) is 0 Å². The molecule has 2 unspecified atom stereocenters. The lowest BCUT2D eigenvalue weighted by molar-refractivity contribution is 0.0380. The second kappa shape index (κ2) is 14.8. The number of esters is 2. The first-order valence-electron chi connectivity index (χ1n) is 11.5. The molecule has 1 rings (SSSR count). The fraction of sp³-hybridized carbons (Fsp3) is 0.680. The second-order valence-electron chi connectivity index (χ2n) is 8.14. The van der Waals surface area contributed by atoms with E-state index in [1.165, 1.54) is 0 Å². The summed E-state index contributed by atoms with van der Waals surface area (Å²) in [4.78, 5) is 25.9. The molecule has 0 saturated heterocycles. The SMILES string of the molecule is CCCCC(CC)COC(=O)c1c(C)ccc(I)c1C(=O)OCC(CC)CCCC. The summed E-state index contributed by atoms with van der Waals surface area (Å²) in [5, 5.41) is 0. The van der Waals surface area contributed by atoms with E-state index in [0.717, 1.165) is 60.5 Å². The van der Waals surface area contributed by atoms with Crippen LogP contribution in [0.25, 0.3) is 0 Å². The van der Waals surface area contributed by atoms with Crippen LogP contribution in [0.4, 0.5) is 0 Å². The average Bonchev–Trinajstić information content (AvgIpc) is 2.74. The van der Waals surface area contributed by atoms with E-state index in [-0.39, 0.29) is 0 Å². The van der Waals surface area contributed by atoms with Crippen molar-refractivity contribution in [1.82, 2.24) is 0 Å². The number of ether oxygens (including phenoxy) is 2. The summed E-state index contributed by atoms with van der Waals surface area (Å²) in [5.41, 5.74) is 1.43. The second-order valence-corrected chi connectivity index (χ2v) is 9.31. The van der Waals surface area contributed by atoms with Crippen molar-refractivity contribution in [2.24, 2.45) is 11.8 Å². The van der Waals surface area contributed by atoms with Crippen LogP contribution in [0.5, 0.6) is 0 Å². The number of carbonyl (C=O) groups excluding carboxylic acids is 2. The normalized spacial score (nSPS) is 13.0. The zero-order chi connectivity index (χ0) is 22.5. The molecule has 0 amide bonds. The van der Waals surface area contributed by atoms with Crippen LogP contribution in [0.15, 0.2) is 12.1 Å². The molecule has 30 heavy (non-hydrogen) atoms. The van der Waals surface area contributed by atoms with Gasteiger partial charge in [-0.1, -0.05) is 72.3 Å². The van der Waals surface area contributed by atoms with Crippen molar-refractivity contribution in [2.75, 3.05) is 13.2 Å². The lowest BCUT2D eigenvalue weighted by atomic mass is 9.99. The van der Waals surface area contributed by atoms with Crippen LogP contribution >= 0.6 is 22.6 Å². The van der Waals surface area contributed by atoms with Crippen molar-refractivity contribution in [1.29, 1.82) is 0 Å². The standard InChI is InChI=1S/C25H39IO4/c1-6-10-12-19(8-3)16-29-24(27)22-18(5)14-15-21(26)23(22)25(28)30-17-20(9-4)13-11-7-2/h14-15,19-20H,6-13,16-17H2,1-5H3. The van der Waals surface area contributed by atoms with E-state index in [9.17, 15) is 9.59 Å². The Balaban J connectivity index is 2.93. The molecule has 2 atom stereocenters. The lowest BCUT2D eigenvalue weighted by Crippen LogP contribution is -2.21. The molecular formula is C25H39IO4. The Morgan fingerprint density at radius 3 is 1.73 bits per heavy atom. The maximum atomic E-state index is 12.9. The predicted molar refractivity (Wildman–Crippen MR) is 131 cm³/mol. The Labute approximate surface area is 196 Å². The van der Waals surface area contributed by atoms with Gasteiger partial charge in [-0.05, 0) is 65.8 Å². The van der Waals surface area contributed by atoms with Crippen LogP contribution < -0.4 is 0 Å². The predicted octanol–water partition coefficient (Wildman–Crippen LogP) is 7.35. The van der Waals surface area contributed by atoms with Gasteiger partial charge in [0.1, 0.15) is 0 Å². The summed E-state index contributed by atoms with van der Waals surface area (Å²) in [5.74, 6) is -0.138. The maximum Gasteiger partial charge on any atom is 0.340 e. The van der Waals surface area contributed by atoms with E-state index in [4.69, 9.17) is 9.47 Å². The Morgan fingerprint density at radius 2 is 1.30 bits per heavy atom. The molecule has 1 aromatic carbocycles. The Morgan fingerprint density at radius 1 is 0.833 bits per heavy atom. The molecule has 0 heterocycles. The van der Waals surface area contributed by atoms with Gasteiger partial charge in [-0.15, -0.1) is 0 Å². The van der Waals surface area contributed by atoms with Gasteiger partial charge in [0.15, 0.2) is 0 Å². The minimum Gasteiger partial charge on any atom is -0.462 e. The van der Waals surface area contributed by atoms with Gasteiger partial charge >= 0.3 is 11.9 Å². The van der Waals surface area contributed by atoms with E-state index < -0.39 is 11.9 Å². The summed E-state index contributed by atoms with van der Waals surface area (Å²) in [6.45, 7) is 11.2. The van der Waals surface area contributed by atoms with Crippen LogP contribution in [0.3, 0.4) is 0 Å². The van der Waals surface area contributed by atoms with Gasteiger partial charge in [-0.25, -0.2) is 9.59 Å². The number of benzene rings is 1. The number of halogens is 1. The molecule has 170 valence electrons. The topological polar surface area (TPSA) is 52.6 Å². The first-order valence-corrected chi connectivity index (χ1v) is 12.6. The fourth-order valence-electron chi connectivity index (χ4n) is 3.47. The van der Waals surface area contributed by atoms with E-state index in [1.807, 2.05) is 19.1 Å². The quantitative estimate of drug-likeness (QED) is 0.187. The van der Waals surface area contributed by atoms with Gasteiger partial charge in [0.25, 0.3) is 0 Å². The smallest absolute Gasteiger partial charge is 0.340 e. The molecule has 5 heteroatoms. The molecule has 0 N–H and O–H groups in total. The molecule has 0 aliphatic rings. The molecule has 4 nitrogen and oxygen atoms in total. The number of unbranched alkanes of at least 4 members (excludes halogenated alkanes) is 2. The largest absolute Gasteiger partial charge is 0.462 e. The molecule has 0 spiro atoms. The first kappa shape index (κ1) is 26.9. The average molecular weight is 530 g/mol. The fourth-order valence-corrected chi connectivity index (χ4v) is 4.14. The summed E-state index contributed by atoms with van der Waals surface area (Å²) >= 11 is 2.10. The summed E-state index contributed by atoms with van der Waals surface area (Å²) < 4.78 is 12.0. The number of hydrogen-bond acceptors (Lipinski definition) is 4. The molecule has 1 aromatic rings. The highest BCUT2D eigenvalue weighted by molar-refractivity contribution is 14.1. The van der Waals surface area contributed by atoms with Crippen LogP contribution in [0.2, 0.25) is 0 Å². The zero-order valence-corrected chi connectivity index (χ0v) is 21.5. The molecule has 0 fully saturated rings. The number of aryl methyl sites for hydroxylation is 1. The maximum absolute atomic E-state index is 12.9. The van der Waals surface area contributed by atoms with Gasteiger partial charge in [-0.2, -0.15) is 0 Å². The van der Waals surface area contributed by atoms with Gasteiger partial charge in [0, 0.05) is 3.57 Å². The number of carbonyl (C=O) groups is 2. The van der Waals surface area contributed by atoms with Gasteiger partial charge in [0.2, 0.25) is 0 Å². The molecule has 0 aliphatic carbocycles. The highest BCUT2D eigenvalue weighted by Crippen LogP contribution is 2.24. The molecule has 0 bridgehead atoms. The monoisotopic (exact) mass is 530 g/mol. The van der Waals surface area contributed by atoms with Crippen LogP contribution in [0.1, 0.15) is 105 Å².